The standard InChI is InChI=1S/C10H20O3Si/c1-3-6-10(11)12-8-5-9-14-13-7-4-2/h3,6H,4-5,7-9,14H2,1-2H3. The summed E-state index contributed by atoms with van der Waals surface area (Å²) < 4.78 is 10.4. The van der Waals surface area contributed by atoms with Crippen molar-refractivity contribution in [3.8, 4) is 0 Å². The Bertz CT molecular complexity index is 169. The summed E-state index contributed by atoms with van der Waals surface area (Å²) in [5.41, 5.74) is 0. The van der Waals surface area contributed by atoms with E-state index in [4.69, 9.17) is 9.16 Å². The maximum absolute atomic E-state index is 10.8. The molecule has 0 saturated carbocycles. The van der Waals surface area contributed by atoms with Crippen LogP contribution in [0.3, 0.4) is 0 Å². The summed E-state index contributed by atoms with van der Waals surface area (Å²) in [7, 11) is -0.365. The number of rotatable bonds is 8. The first-order chi connectivity index (χ1) is 6.81. The van der Waals surface area contributed by atoms with Crippen LogP contribution in [0.1, 0.15) is 26.7 Å². The summed E-state index contributed by atoms with van der Waals surface area (Å²) in [6.45, 7) is 5.30. The Balaban J connectivity index is 3.09. The lowest BCUT2D eigenvalue weighted by atomic mass is 10.5. The average Bonchev–Trinajstić information content (AvgIpc) is 2.17. The van der Waals surface area contributed by atoms with E-state index in [2.05, 4.69) is 6.92 Å². The molecule has 14 heavy (non-hydrogen) atoms. The third kappa shape index (κ3) is 9.47. The fourth-order valence-electron chi connectivity index (χ4n) is 0.910. The van der Waals surface area contributed by atoms with E-state index in [1.54, 1.807) is 13.0 Å². The van der Waals surface area contributed by atoms with Crippen molar-refractivity contribution in [1.29, 1.82) is 0 Å². The lowest BCUT2D eigenvalue weighted by Gasteiger charge is -2.02. The topological polar surface area (TPSA) is 35.5 Å². The molecule has 0 atom stereocenters. The monoisotopic (exact) mass is 216 g/mol. The maximum atomic E-state index is 10.8. The Hall–Kier alpha value is -0.613. The molecule has 0 bridgehead atoms. The molecule has 0 spiro atoms. The fraction of sp³-hybridized carbons (Fsp3) is 0.700. The van der Waals surface area contributed by atoms with Gasteiger partial charge in [0.05, 0.1) is 6.61 Å². The van der Waals surface area contributed by atoms with Crippen LogP contribution in [0.15, 0.2) is 12.2 Å². The van der Waals surface area contributed by atoms with E-state index >= 15 is 0 Å². The van der Waals surface area contributed by atoms with Crippen molar-refractivity contribution in [2.45, 2.75) is 32.7 Å². The van der Waals surface area contributed by atoms with Crippen LogP contribution >= 0.6 is 0 Å². The van der Waals surface area contributed by atoms with Crippen LogP contribution in [-0.4, -0.2) is 28.9 Å². The second-order valence-corrected chi connectivity index (χ2v) is 4.51. The summed E-state index contributed by atoms with van der Waals surface area (Å²) in [6, 6.07) is 1.09. The first-order valence-electron chi connectivity index (χ1n) is 5.18. The number of esters is 1. The van der Waals surface area contributed by atoms with Gasteiger partial charge in [0, 0.05) is 12.7 Å². The first-order valence-corrected chi connectivity index (χ1v) is 6.76. The quantitative estimate of drug-likeness (QED) is 0.266. The average molecular weight is 216 g/mol. The van der Waals surface area contributed by atoms with Gasteiger partial charge >= 0.3 is 5.97 Å². The Morgan fingerprint density at radius 3 is 2.86 bits per heavy atom. The smallest absolute Gasteiger partial charge is 0.330 e. The molecule has 0 aromatic rings. The SMILES string of the molecule is CC=CC(=O)OCCC[SiH2]OCCC. The highest BCUT2D eigenvalue weighted by atomic mass is 28.2. The minimum atomic E-state index is -0.365. The summed E-state index contributed by atoms with van der Waals surface area (Å²) in [5, 5.41) is 0. The van der Waals surface area contributed by atoms with Gasteiger partial charge in [0.2, 0.25) is 0 Å². The molecule has 0 saturated heterocycles. The minimum Gasteiger partial charge on any atom is -0.463 e. The summed E-state index contributed by atoms with van der Waals surface area (Å²) in [6.07, 6.45) is 5.13. The Kier molecular flexibility index (Phi) is 10.0. The third-order valence-corrected chi connectivity index (χ3v) is 2.94. The lowest BCUT2D eigenvalue weighted by Crippen LogP contribution is -2.05. The van der Waals surface area contributed by atoms with Gasteiger partial charge in [-0.05, 0) is 25.8 Å². The number of carbonyl (C=O) groups excluding carboxylic acids is 1. The molecule has 82 valence electrons. The van der Waals surface area contributed by atoms with Crippen molar-refractivity contribution >= 4 is 15.7 Å². The largest absolute Gasteiger partial charge is 0.463 e. The van der Waals surface area contributed by atoms with Crippen LogP contribution in [0.2, 0.25) is 6.04 Å². The zero-order valence-corrected chi connectivity index (χ0v) is 10.5. The molecule has 0 aliphatic heterocycles. The van der Waals surface area contributed by atoms with Crippen molar-refractivity contribution in [3.05, 3.63) is 12.2 Å². The van der Waals surface area contributed by atoms with E-state index in [-0.39, 0.29) is 15.7 Å². The van der Waals surface area contributed by atoms with Crippen LogP contribution in [0.25, 0.3) is 0 Å². The van der Waals surface area contributed by atoms with Gasteiger partial charge in [0.25, 0.3) is 0 Å². The van der Waals surface area contributed by atoms with E-state index in [1.807, 2.05) is 0 Å². The Morgan fingerprint density at radius 2 is 2.21 bits per heavy atom. The number of hydrogen-bond donors (Lipinski definition) is 0. The Labute approximate surface area is 88.4 Å². The molecular weight excluding hydrogens is 196 g/mol. The van der Waals surface area contributed by atoms with Crippen molar-refractivity contribution < 1.29 is 14.0 Å². The highest BCUT2D eigenvalue weighted by molar-refractivity contribution is 6.26. The van der Waals surface area contributed by atoms with Gasteiger partial charge in [-0.2, -0.15) is 0 Å². The number of allylic oxidation sites excluding steroid dienone is 1. The van der Waals surface area contributed by atoms with Crippen LogP contribution < -0.4 is 0 Å². The normalized spacial score (nSPS) is 11.6. The van der Waals surface area contributed by atoms with Gasteiger partial charge in [-0.3, -0.25) is 0 Å². The molecule has 0 aliphatic rings. The molecule has 0 heterocycles. The van der Waals surface area contributed by atoms with Crippen molar-refractivity contribution in [2.75, 3.05) is 13.2 Å². The van der Waals surface area contributed by atoms with Gasteiger partial charge in [0.15, 0.2) is 9.76 Å². The molecular formula is C10H20O3Si. The van der Waals surface area contributed by atoms with Gasteiger partial charge in [-0.25, -0.2) is 4.79 Å². The van der Waals surface area contributed by atoms with Gasteiger partial charge in [0.1, 0.15) is 0 Å². The van der Waals surface area contributed by atoms with E-state index < -0.39 is 0 Å². The zero-order valence-electron chi connectivity index (χ0n) is 9.12. The number of carbonyl (C=O) groups is 1. The van der Waals surface area contributed by atoms with Gasteiger partial charge in [-0.1, -0.05) is 13.0 Å². The van der Waals surface area contributed by atoms with Crippen LogP contribution in [-0.2, 0) is 14.0 Å². The molecule has 0 unspecified atom stereocenters. The predicted octanol–water partition coefficient (Wildman–Crippen LogP) is 1.42. The van der Waals surface area contributed by atoms with E-state index in [1.165, 1.54) is 6.08 Å². The van der Waals surface area contributed by atoms with Crippen LogP contribution in [0.4, 0.5) is 0 Å². The molecule has 0 aromatic heterocycles. The van der Waals surface area contributed by atoms with E-state index in [9.17, 15) is 4.79 Å². The molecule has 0 N–H and O–H groups in total. The van der Waals surface area contributed by atoms with Crippen LogP contribution in [0, 0.1) is 0 Å². The summed E-state index contributed by atoms with van der Waals surface area (Å²) in [5.74, 6) is -0.247. The summed E-state index contributed by atoms with van der Waals surface area (Å²) in [4.78, 5) is 10.8. The van der Waals surface area contributed by atoms with Crippen LogP contribution in [0.5, 0.6) is 0 Å². The molecule has 0 radical (unpaired) electrons. The highest BCUT2D eigenvalue weighted by Gasteiger charge is 1.95. The molecule has 3 nitrogen and oxygen atoms in total. The minimum absolute atomic E-state index is 0.247. The molecule has 0 fully saturated rings. The second-order valence-electron chi connectivity index (χ2n) is 2.99. The molecule has 0 aliphatic carbocycles. The van der Waals surface area contributed by atoms with Crippen molar-refractivity contribution in [3.63, 3.8) is 0 Å². The van der Waals surface area contributed by atoms with E-state index in [0.29, 0.717) is 6.61 Å². The predicted molar refractivity (Wildman–Crippen MR) is 60.0 cm³/mol. The van der Waals surface area contributed by atoms with E-state index in [0.717, 1.165) is 25.5 Å². The molecule has 0 aromatic carbocycles. The molecule has 4 heteroatoms. The molecule has 0 amide bonds. The maximum Gasteiger partial charge on any atom is 0.330 e. The second kappa shape index (κ2) is 10.5. The first kappa shape index (κ1) is 13.4. The number of hydrogen-bond acceptors (Lipinski definition) is 3. The molecule has 0 rings (SSSR count). The Morgan fingerprint density at radius 1 is 1.43 bits per heavy atom. The van der Waals surface area contributed by atoms with Crippen molar-refractivity contribution in [1.82, 2.24) is 0 Å². The lowest BCUT2D eigenvalue weighted by molar-refractivity contribution is -0.137. The number of ether oxygens (including phenoxy) is 1. The van der Waals surface area contributed by atoms with Crippen molar-refractivity contribution in [2.24, 2.45) is 0 Å². The third-order valence-electron chi connectivity index (χ3n) is 1.58. The summed E-state index contributed by atoms with van der Waals surface area (Å²) >= 11 is 0. The highest BCUT2D eigenvalue weighted by Crippen LogP contribution is 1.92. The zero-order chi connectivity index (χ0) is 10.6. The van der Waals surface area contributed by atoms with Gasteiger partial charge in [-0.15, -0.1) is 0 Å². The van der Waals surface area contributed by atoms with Gasteiger partial charge < -0.3 is 9.16 Å². The fourth-order valence-corrected chi connectivity index (χ4v) is 2.01.